The quantitative estimate of drug-likeness (QED) is 0.607. The minimum atomic E-state index is -0.910. The topological polar surface area (TPSA) is 72.5 Å². The van der Waals surface area contributed by atoms with Crippen molar-refractivity contribution in [3.05, 3.63) is 5.21 Å². The van der Waals surface area contributed by atoms with E-state index in [1.165, 1.54) is 0 Å². The number of rotatable bonds is 3. The van der Waals surface area contributed by atoms with Gasteiger partial charge in [0.1, 0.15) is 0 Å². The molecule has 68 valence electrons. The molecule has 4 nitrogen and oxygen atoms in total. The monoisotopic (exact) mass is 161 g/mol. The van der Waals surface area contributed by atoms with Gasteiger partial charge in [0.25, 0.3) is 0 Å². The molecule has 0 radical (unpaired) electrons. The second-order valence-corrected chi connectivity index (χ2v) is 3.62. The van der Waals surface area contributed by atoms with Gasteiger partial charge in [0.2, 0.25) is 0 Å². The average molecular weight is 161 g/mol. The van der Waals surface area contributed by atoms with Crippen LogP contribution in [0.3, 0.4) is 0 Å². The van der Waals surface area contributed by atoms with E-state index < -0.39 is 11.1 Å². The molecule has 0 aromatic carbocycles. The average Bonchev–Trinajstić information content (AvgIpc) is 1.83. The predicted molar refractivity (Wildman–Crippen MR) is 44.0 cm³/mol. The molecule has 0 aliphatic rings. The van der Waals surface area contributed by atoms with E-state index in [1.54, 1.807) is 20.8 Å². The normalized spacial score (nSPS) is 18.5. The molecule has 4 heteroatoms. The molecule has 0 heterocycles. The van der Waals surface area contributed by atoms with Gasteiger partial charge >= 0.3 is 0 Å². The minimum Gasteiger partial charge on any atom is -0.762 e. The molecule has 0 saturated heterocycles. The van der Waals surface area contributed by atoms with Crippen LogP contribution in [0.2, 0.25) is 0 Å². The number of nitrogens with two attached hydrogens (primary N) is 1. The smallest absolute Gasteiger partial charge is 0.0470 e. The molecule has 0 spiro atoms. The Morgan fingerprint density at radius 2 is 1.82 bits per heavy atom. The lowest BCUT2D eigenvalue weighted by molar-refractivity contribution is -0.148. The molecule has 0 saturated carbocycles. The van der Waals surface area contributed by atoms with E-state index in [0.29, 0.717) is 6.42 Å². The van der Waals surface area contributed by atoms with E-state index >= 15 is 0 Å². The Kier molecular flexibility index (Phi) is 3.02. The molecule has 0 aromatic heterocycles. The molecule has 0 aromatic rings. The number of hydrogen-bond donors (Lipinski definition) is 2. The van der Waals surface area contributed by atoms with Crippen LogP contribution in [0.1, 0.15) is 34.1 Å². The Morgan fingerprint density at radius 1 is 1.45 bits per heavy atom. The molecule has 0 unspecified atom stereocenters. The minimum absolute atomic E-state index is 0.0486. The number of nitrogens with zero attached hydrogens (tertiary/aromatic N) is 1. The highest BCUT2D eigenvalue weighted by Gasteiger charge is 2.37. The second kappa shape index (κ2) is 3.06. The molecule has 1 atom stereocenters. The van der Waals surface area contributed by atoms with Gasteiger partial charge in [-0.25, -0.2) is 0 Å². The summed E-state index contributed by atoms with van der Waals surface area (Å²) in [5.74, 6) is 0. The van der Waals surface area contributed by atoms with Gasteiger partial charge < -0.3 is 16.1 Å². The summed E-state index contributed by atoms with van der Waals surface area (Å²) in [5.41, 5.74) is 4.10. The molecule has 11 heavy (non-hydrogen) atoms. The molecular formula is C7H17N2O2-. The van der Waals surface area contributed by atoms with E-state index in [9.17, 15) is 5.21 Å². The predicted octanol–water partition coefficient (Wildman–Crippen LogP) is 1.08. The van der Waals surface area contributed by atoms with Crippen molar-refractivity contribution < 1.29 is 5.21 Å². The maximum absolute atomic E-state index is 10.7. The third-order valence-corrected chi connectivity index (χ3v) is 2.50. The van der Waals surface area contributed by atoms with Gasteiger partial charge in [-0.15, -0.1) is 0 Å². The summed E-state index contributed by atoms with van der Waals surface area (Å²) in [6.07, 6.45) is 0.510. The lowest BCUT2D eigenvalue weighted by Gasteiger charge is -2.49. The van der Waals surface area contributed by atoms with Crippen LogP contribution in [0.25, 0.3) is 0 Å². The van der Waals surface area contributed by atoms with Crippen molar-refractivity contribution in [2.24, 2.45) is 5.73 Å². The van der Waals surface area contributed by atoms with Crippen LogP contribution in [0.15, 0.2) is 0 Å². The van der Waals surface area contributed by atoms with Crippen LogP contribution in [0.4, 0.5) is 0 Å². The molecule has 0 aliphatic heterocycles. The molecule has 0 amide bonds. The van der Waals surface area contributed by atoms with Crippen molar-refractivity contribution in [1.29, 1.82) is 0 Å². The molecular weight excluding hydrogens is 144 g/mol. The molecule has 0 bridgehead atoms. The number of hydroxylamine groups is 2. The van der Waals surface area contributed by atoms with Crippen LogP contribution in [-0.2, 0) is 0 Å². The lowest BCUT2D eigenvalue weighted by Crippen LogP contribution is -2.61. The molecule has 0 rings (SSSR count). The molecule has 3 N–H and O–H groups in total. The van der Waals surface area contributed by atoms with E-state index in [0.717, 1.165) is 0 Å². The fourth-order valence-electron chi connectivity index (χ4n) is 0.837. The van der Waals surface area contributed by atoms with Gasteiger partial charge in [0.15, 0.2) is 0 Å². The highest BCUT2D eigenvalue weighted by Crippen LogP contribution is 2.27. The Hall–Kier alpha value is -0.160. The zero-order valence-corrected chi connectivity index (χ0v) is 7.59. The summed E-state index contributed by atoms with van der Waals surface area (Å²) in [7, 11) is 0. The fraction of sp³-hybridized carbons (Fsp3) is 1.00. The summed E-state index contributed by atoms with van der Waals surface area (Å²) >= 11 is 0. The summed E-state index contributed by atoms with van der Waals surface area (Å²) in [5, 5.41) is 19.5. The van der Waals surface area contributed by atoms with Crippen molar-refractivity contribution in [3.63, 3.8) is 0 Å². The first-order chi connectivity index (χ1) is 4.75. The van der Waals surface area contributed by atoms with Crippen LogP contribution >= 0.6 is 0 Å². The van der Waals surface area contributed by atoms with E-state index in [4.69, 9.17) is 10.9 Å². The Morgan fingerprint density at radius 3 is 1.82 bits per heavy atom. The number of hydrogen-bond acceptors (Lipinski definition) is 4. The summed E-state index contributed by atoms with van der Waals surface area (Å²) in [6, 6.07) is 0. The van der Waals surface area contributed by atoms with Crippen LogP contribution in [0.5, 0.6) is 0 Å². The zero-order chi connectivity index (χ0) is 9.28. The maximum Gasteiger partial charge on any atom is 0.0470 e. The first-order valence-electron chi connectivity index (χ1n) is 3.71. The van der Waals surface area contributed by atoms with Crippen molar-refractivity contribution in [2.45, 2.75) is 45.2 Å². The van der Waals surface area contributed by atoms with Gasteiger partial charge in [-0.3, -0.25) is 5.23 Å². The Balaban J connectivity index is 4.61. The standard InChI is InChI=1S/C7H17N2O2/c1-5-7(4,9(10)11)6(2,3)8/h10H,5,8H2,1-4H3/q-1/t7-/m0/s1. The van der Waals surface area contributed by atoms with Gasteiger partial charge in [0.05, 0.1) is 0 Å². The molecule has 0 fully saturated rings. The Labute approximate surface area is 67.5 Å². The summed E-state index contributed by atoms with van der Waals surface area (Å²) in [4.78, 5) is 0. The highest BCUT2D eigenvalue weighted by atomic mass is 16.8. The first-order valence-corrected chi connectivity index (χ1v) is 3.71. The van der Waals surface area contributed by atoms with Crippen LogP contribution < -0.4 is 5.73 Å². The SMILES string of the molecule is CC[C@](C)(N([O-])O)C(C)(C)N. The van der Waals surface area contributed by atoms with Crippen LogP contribution in [0, 0.1) is 5.21 Å². The fourth-order valence-corrected chi connectivity index (χ4v) is 0.837. The third-order valence-electron chi connectivity index (χ3n) is 2.50. The van der Waals surface area contributed by atoms with E-state index in [2.05, 4.69) is 0 Å². The van der Waals surface area contributed by atoms with Gasteiger partial charge in [-0.05, 0) is 27.2 Å². The van der Waals surface area contributed by atoms with Gasteiger partial charge in [0, 0.05) is 11.1 Å². The molecule has 0 aliphatic carbocycles. The van der Waals surface area contributed by atoms with Gasteiger partial charge in [-0.1, -0.05) is 6.92 Å². The van der Waals surface area contributed by atoms with Crippen molar-refractivity contribution in [2.75, 3.05) is 0 Å². The third kappa shape index (κ3) is 1.90. The van der Waals surface area contributed by atoms with Crippen molar-refractivity contribution >= 4 is 0 Å². The summed E-state index contributed by atoms with van der Waals surface area (Å²) < 4.78 is 0. The van der Waals surface area contributed by atoms with Gasteiger partial charge in [-0.2, -0.15) is 0 Å². The lowest BCUT2D eigenvalue weighted by atomic mass is 9.80. The van der Waals surface area contributed by atoms with Crippen molar-refractivity contribution in [3.8, 4) is 0 Å². The highest BCUT2D eigenvalue weighted by molar-refractivity contribution is 4.99. The largest absolute Gasteiger partial charge is 0.762 e. The first kappa shape index (κ1) is 10.8. The van der Waals surface area contributed by atoms with E-state index in [1.807, 2.05) is 6.92 Å². The van der Waals surface area contributed by atoms with Crippen LogP contribution in [-0.4, -0.2) is 21.5 Å². The van der Waals surface area contributed by atoms with E-state index in [-0.39, 0.29) is 5.23 Å². The second-order valence-electron chi connectivity index (χ2n) is 3.62. The Bertz CT molecular complexity index is 131. The zero-order valence-electron chi connectivity index (χ0n) is 7.59. The van der Waals surface area contributed by atoms with Crippen molar-refractivity contribution in [1.82, 2.24) is 5.23 Å². The maximum atomic E-state index is 10.7. The summed E-state index contributed by atoms with van der Waals surface area (Å²) in [6.45, 7) is 6.89.